The summed E-state index contributed by atoms with van der Waals surface area (Å²) in [6.07, 6.45) is 0. The molecule has 2 N–H and O–H groups in total. The third kappa shape index (κ3) is 4.73. The van der Waals surface area contributed by atoms with Gasteiger partial charge in [0.1, 0.15) is 0 Å². The molecule has 1 aromatic rings. The van der Waals surface area contributed by atoms with Crippen LogP contribution in [0.3, 0.4) is 0 Å². The number of nitrogens with one attached hydrogen (secondary N) is 2. The van der Waals surface area contributed by atoms with Crippen molar-refractivity contribution in [3.05, 3.63) is 17.0 Å². The van der Waals surface area contributed by atoms with Crippen LogP contribution in [0.5, 0.6) is 0 Å². The molecular weight excluding hydrogens is 276 g/mol. The van der Waals surface area contributed by atoms with E-state index in [1.165, 1.54) is 11.3 Å². The lowest BCUT2D eigenvalue weighted by atomic mass is 10.0. The van der Waals surface area contributed by atoms with Crippen molar-refractivity contribution in [2.45, 2.75) is 46.7 Å². The van der Waals surface area contributed by atoms with Gasteiger partial charge in [0.15, 0.2) is 5.96 Å². The first kappa shape index (κ1) is 18.5. The van der Waals surface area contributed by atoms with Crippen LogP contribution in [0.2, 0.25) is 0 Å². The molecule has 22 heavy (non-hydrogen) atoms. The Hall–Kier alpha value is -1.56. The van der Waals surface area contributed by atoms with Crippen molar-refractivity contribution in [1.82, 2.24) is 25.3 Å². The summed E-state index contributed by atoms with van der Waals surface area (Å²) >= 11 is 0. The Balaban J connectivity index is 2.78. The smallest absolute Gasteiger partial charge is 0.191 e. The molecule has 0 amide bonds. The third-order valence-corrected chi connectivity index (χ3v) is 4.30. The van der Waals surface area contributed by atoms with E-state index in [-0.39, 0.29) is 5.54 Å². The van der Waals surface area contributed by atoms with E-state index in [0.717, 1.165) is 24.7 Å². The van der Waals surface area contributed by atoms with Gasteiger partial charge in [0.25, 0.3) is 0 Å². The molecule has 6 nitrogen and oxygen atoms in total. The molecule has 6 heteroatoms. The van der Waals surface area contributed by atoms with Crippen LogP contribution in [0.15, 0.2) is 4.99 Å². The average molecular weight is 308 g/mol. The highest BCUT2D eigenvalue weighted by molar-refractivity contribution is 5.79. The highest BCUT2D eigenvalue weighted by Crippen LogP contribution is 2.13. The van der Waals surface area contributed by atoms with Crippen LogP contribution in [-0.2, 0) is 13.6 Å². The topological polar surface area (TPSA) is 57.5 Å². The summed E-state index contributed by atoms with van der Waals surface area (Å²) in [5.41, 5.74) is 3.49. The molecule has 126 valence electrons. The highest BCUT2D eigenvalue weighted by atomic mass is 15.3. The largest absolute Gasteiger partial charge is 0.357 e. The quantitative estimate of drug-likeness (QED) is 0.617. The monoisotopic (exact) mass is 308 g/mol. The molecule has 0 saturated carbocycles. The molecule has 0 aliphatic rings. The van der Waals surface area contributed by atoms with Gasteiger partial charge in [0.2, 0.25) is 0 Å². The van der Waals surface area contributed by atoms with Gasteiger partial charge in [-0.2, -0.15) is 5.10 Å². The van der Waals surface area contributed by atoms with E-state index in [1.807, 2.05) is 18.7 Å². The van der Waals surface area contributed by atoms with Crippen molar-refractivity contribution >= 4 is 5.96 Å². The number of hydrogen-bond donors (Lipinski definition) is 2. The predicted molar refractivity (Wildman–Crippen MR) is 93.3 cm³/mol. The zero-order chi connectivity index (χ0) is 16.9. The molecule has 0 aliphatic heterocycles. The van der Waals surface area contributed by atoms with Crippen molar-refractivity contribution < 1.29 is 0 Å². The summed E-state index contributed by atoms with van der Waals surface area (Å²) in [6.45, 7) is 12.9. The van der Waals surface area contributed by atoms with Crippen LogP contribution in [0, 0.1) is 13.8 Å². The van der Waals surface area contributed by atoms with E-state index in [0.29, 0.717) is 6.54 Å². The summed E-state index contributed by atoms with van der Waals surface area (Å²) in [5.74, 6) is 0.847. The van der Waals surface area contributed by atoms with E-state index in [2.05, 4.69) is 62.4 Å². The number of aryl methyl sites for hydroxylation is 2. The van der Waals surface area contributed by atoms with E-state index in [9.17, 15) is 0 Å². The molecule has 1 rings (SSSR count). The van der Waals surface area contributed by atoms with Gasteiger partial charge >= 0.3 is 0 Å². The fraction of sp³-hybridized carbons (Fsp3) is 0.750. The van der Waals surface area contributed by atoms with Crippen molar-refractivity contribution in [3.8, 4) is 0 Å². The van der Waals surface area contributed by atoms with Gasteiger partial charge in [-0.05, 0) is 48.7 Å². The molecule has 0 aromatic carbocycles. The van der Waals surface area contributed by atoms with E-state index < -0.39 is 0 Å². The Morgan fingerprint density at radius 3 is 2.36 bits per heavy atom. The Morgan fingerprint density at radius 2 is 1.91 bits per heavy atom. The molecular formula is C16H32N6. The minimum Gasteiger partial charge on any atom is -0.357 e. The van der Waals surface area contributed by atoms with E-state index in [4.69, 9.17) is 4.99 Å². The first-order valence-corrected chi connectivity index (χ1v) is 7.87. The van der Waals surface area contributed by atoms with Gasteiger partial charge < -0.3 is 15.5 Å². The Labute approximate surface area is 135 Å². The van der Waals surface area contributed by atoms with Gasteiger partial charge in [-0.25, -0.2) is 4.99 Å². The number of aromatic nitrogens is 2. The van der Waals surface area contributed by atoms with Crippen LogP contribution in [-0.4, -0.2) is 53.4 Å². The summed E-state index contributed by atoms with van der Waals surface area (Å²) in [5, 5.41) is 11.2. The van der Waals surface area contributed by atoms with Crippen molar-refractivity contribution in [2.75, 3.05) is 27.2 Å². The predicted octanol–water partition coefficient (Wildman–Crippen LogP) is 1.43. The first-order chi connectivity index (χ1) is 10.2. The molecule has 1 aromatic heterocycles. The van der Waals surface area contributed by atoms with Gasteiger partial charge in [-0.15, -0.1) is 0 Å². The van der Waals surface area contributed by atoms with Crippen molar-refractivity contribution in [1.29, 1.82) is 0 Å². The maximum absolute atomic E-state index is 4.70. The van der Waals surface area contributed by atoms with Crippen LogP contribution in [0.25, 0.3) is 0 Å². The number of likely N-dealkylation sites (N-methyl/N-ethyl adjacent to an activating group) is 1. The normalized spacial score (nSPS) is 12.9. The lowest BCUT2D eigenvalue weighted by molar-refractivity contribution is 0.197. The molecule has 0 saturated heterocycles. The fourth-order valence-corrected chi connectivity index (χ4v) is 2.00. The molecule has 0 unspecified atom stereocenters. The molecule has 1 heterocycles. The molecule has 0 fully saturated rings. The maximum Gasteiger partial charge on any atom is 0.191 e. The van der Waals surface area contributed by atoms with Crippen LogP contribution < -0.4 is 10.6 Å². The lowest BCUT2D eigenvalue weighted by Crippen LogP contribution is -2.50. The number of hydrogen-bond acceptors (Lipinski definition) is 3. The van der Waals surface area contributed by atoms with Crippen molar-refractivity contribution in [2.24, 2.45) is 12.0 Å². The maximum atomic E-state index is 4.70. The second kappa shape index (κ2) is 7.63. The zero-order valence-corrected chi connectivity index (χ0v) is 15.4. The van der Waals surface area contributed by atoms with Crippen LogP contribution >= 0.6 is 0 Å². The fourth-order valence-electron chi connectivity index (χ4n) is 2.00. The van der Waals surface area contributed by atoms with E-state index in [1.54, 1.807) is 0 Å². The van der Waals surface area contributed by atoms with Crippen molar-refractivity contribution in [3.63, 3.8) is 0 Å². The summed E-state index contributed by atoms with van der Waals surface area (Å²) in [6, 6.07) is 0. The van der Waals surface area contributed by atoms with Gasteiger partial charge in [0.05, 0.1) is 12.2 Å². The van der Waals surface area contributed by atoms with Gasteiger partial charge in [-0.1, -0.05) is 0 Å². The molecule has 0 radical (unpaired) electrons. The second-order valence-electron chi connectivity index (χ2n) is 6.53. The van der Waals surface area contributed by atoms with Crippen LogP contribution in [0.1, 0.15) is 37.7 Å². The summed E-state index contributed by atoms with van der Waals surface area (Å²) < 4.78 is 1.91. The summed E-state index contributed by atoms with van der Waals surface area (Å²) in [7, 11) is 6.15. The SMILES string of the molecule is CCNC(=NCc1c(C)nn(C)c1C)NCC(C)(C)N(C)C. The molecule has 0 bridgehead atoms. The third-order valence-electron chi connectivity index (χ3n) is 4.30. The number of guanidine groups is 1. The lowest BCUT2D eigenvalue weighted by Gasteiger charge is -2.33. The Morgan fingerprint density at radius 1 is 1.27 bits per heavy atom. The molecule has 0 aliphatic carbocycles. The highest BCUT2D eigenvalue weighted by Gasteiger charge is 2.20. The number of rotatable bonds is 6. The minimum atomic E-state index is 0.0658. The van der Waals surface area contributed by atoms with Gasteiger partial charge in [-0.3, -0.25) is 4.68 Å². The van der Waals surface area contributed by atoms with E-state index >= 15 is 0 Å². The number of aliphatic imine (C=N–C) groups is 1. The Bertz CT molecular complexity index is 513. The first-order valence-electron chi connectivity index (χ1n) is 7.87. The second-order valence-corrected chi connectivity index (χ2v) is 6.53. The average Bonchev–Trinajstić information content (AvgIpc) is 2.67. The molecule has 0 atom stereocenters. The summed E-state index contributed by atoms with van der Waals surface area (Å²) in [4.78, 5) is 6.91. The minimum absolute atomic E-state index is 0.0658. The van der Waals surface area contributed by atoms with Gasteiger partial charge in [0, 0.05) is 36.9 Å². The number of nitrogens with zero attached hydrogens (tertiary/aromatic N) is 4. The molecule has 0 spiro atoms. The van der Waals surface area contributed by atoms with Crippen LogP contribution in [0.4, 0.5) is 0 Å². The Kier molecular flexibility index (Phi) is 6.41. The standard InChI is InChI=1S/C16H32N6/c1-9-17-15(19-11-16(4,5)21(6)7)18-10-14-12(2)20-22(8)13(14)3/h9-11H2,1-8H3,(H2,17,18,19). The zero-order valence-electron chi connectivity index (χ0n) is 15.4.